The Bertz CT molecular complexity index is 522. The Kier molecular flexibility index (Phi) is 7.10. The summed E-state index contributed by atoms with van der Waals surface area (Å²) in [5, 5.41) is 3.12. The van der Waals surface area contributed by atoms with E-state index in [1.165, 1.54) is 19.3 Å². The van der Waals surface area contributed by atoms with Crippen molar-refractivity contribution in [2.75, 3.05) is 26.2 Å². The zero-order valence-electron chi connectivity index (χ0n) is 15.4. The van der Waals surface area contributed by atoms with Crippen molar-refractivity contribution in [2.24, 2.45) is 0 Å². The van der Waals surface area contributed by atoms with Crippen LogP contribution in [0.5, 0.6) is 5.75 Å². The third kappa shape index (κ3) is 5.52. The minimum atomic E-state index is 0.0271. The number of ether oxygens (including phenoxy) is 1. The lowest BCUT2D eigenvalue weighted by atomic mass is 9.98. The number of amides is 1. The molecule has 1 heterocycles. The number of benzene rings is 1. The van der Waals surface area contributed by atoms with Gasteiger partial charge in [0.2, 0.25) is 5.91 Å². The molecule has 1 amide bonds. The Balaban J connectivity index is 1.79. The number of nitrogens with zero attached hydrogens (tertiary/aromatic N) is 1. The van der Waals surface area contributed by atoms with Gasteiger partial charge in [-0.2, -0.15) is 0 Å². The summed E-state index contributed by atoms with van der Waals surface area (Å²) in [5.41, 5.74) is 1.13. The lowest BCUT2D eigenvalue weighted by Gasteiger charge is -2.41. The van der Waals surface area contributed by atoms with E-state index in [9.17, 15) is 4.79 Å². The number of para-hydroxylation sites is 1. The molecule has 4 heteroatoms. The van der Waals surface area contributed by atoms with Crippen LogP contribution >= 0.6 is 0 Å². The van der Waals surface area contributed by atoms with E-state index in [0.717, 1.165) is 24.4 Å². The normalized spacial score (nSPS) is 16.0. The number of carbonyl (C=O) groups is 1. The number of likely N-dealkylation sites (tertiary alicyclic amines) is 1. The summed E-state index contributed by atoms with van der Waals surface area (Å²) in [7, 11) is 0. The van der Waals surface area contributed by atoms with Crippen LogP contribution in [0.15, 0.2) is 24.3 Å². The van der Waals surface area contributed by atoms with Crippen molar-refractivity contribution in [1.82, 2.24) is 10.2 Å². The summed E-state index contributed by atoms with van der Waals surface area (Å²) < 4.78 is 5.62. The van der Waals surface area contributed by atoms with Gasteiger partial charge < -0.3 is 10.1 Å². The number of piperidine rings is 1. The number of hydrogen-bond acceptors (Lipinski definition) is 3. The van der Waals surface area contributed by atoms with E-state index in [1.54, 1.807) is 0 Å². The average Bonchev–Trinajstić information content (AvgIpc) is 2.60. The van der Waals surface area contributed by atoms with Crippen molar-refractivity contribution in [3.05, 3.63) is 29.8 Å². The quantitative estimate of drug-likeness (QED) is 0.793. The maximum Gasteiger partial charge on any atom is 0.220 e. The second-order valence-electron chi connectivity index (χ2n) is 7.18. The number of rotatable bonds is 8. The first-order chi connectivity index (χ1) is 11.5. The predicted molar refractivity (Wildman–Crippen MR) is 98.4 cm³/mol. The summed E-state index contributed by atoms with van der Waals surface area (Å²) in [4.78, 5) is 14.7. The van der Waals surface area contributed by atoms with Crippen molar-refractivity contribution in [1.29, 1.82) is 0 Å². The Morgan fingerprint density at radius 1 is 1.21 bits per heavy atom. The van der Waals surface area contributed by atoms with Gasteiger partial charge in [0.25, 0.3) is 0 Å². The maximum atomic E-state index is 12.2. The van der Waals surface area contributed by atoms with Gasteiger partial charge in [0.15, 0.2) is 0 Å². The molecule has 0 atom stereocenters. The highest BCUT2D eigenvalue weighted by atomic mass is 16.5. The minimum absolute atomic E-state index is 0.0271. The van der Waals surface area contributed by atoms with Gasteiger partial charge in [-0.25, -0.2) is 0 Å². The van der Waals surface area contributed by atoms with Crippen LogP contribution in [0.2, 0.25) is 0 Å². The summed E-state index contributed by atoms with van der Waals surface area (Å²) in [6.07, 6.45) is 5.08. The molecule has 1 fully saturated rings. The largest absolute Gasteiger partial charge is 0.494 e. The SMILES string of the molecule is CCOc1ccccc1CCC(=O)NCC(C)(C)N1CCCCC1. The molecule has 0 saturated carbocycles. The third-order valence-electron chi connectivity index (χ3n) is 4.82. The van der Waals surface area contributed by atoms with Crippen molar-refractivity contribution >= 4 is 5.91 Å². The Morgan fingerprint density at radius 3 is 2.62 bits per heavy atom. The fraction of sp³-hybridized carbons (Fsp3) is 0.650. The first-order valence-corrected chi connectivity index (χ1v) is 9.25. The van der Waals surface area contributed by atoms with Gasteiger partial charge in [0.05, 0.1) is 6.61 Å². The van der Waals surface area contributed by atoms with Crippen LogP contribution in [0.25, 0.3) is 0 Å². The zero-order valence-corrected chi connectivity index (χ0v) is 15.4. The highest BCUT2D eigenvalue weighted by Crippen LogP contribution is 2.21. The van der Waals surface area contributed by atoms with Crippen molar-refractivity contribution in [3.8, 4) is 5.75 Å². The molecule has 1 aromatic rings. The van der Waals surface area contributed by atoms with E-state index in [4.69, 9.17) is 4.74 Å². The zero-order chi connectivity index (χ0) is 17.4. The van der Waals surface area contributed by atoms with E-state index in [2.05, 4.69) is 24.1 Å². The molecular formula is C20H32N2O2. The highest BCUT2D eigenvalue weighted by Gasteiger charge is 2.28. The van der Waals surface area contributed by atoms with Crippen LogP contribution in [0.1, 0.15) is 52.0 Å². The van der Waals surface area contributed by atoms with Gasteiger partial charge in [0.1, 0.15) is 5.75 Å². The lowest BCUT2D eigenvalue weighted by Crippen LogP contribution is -2.53. The van der Waals surface area contributed by atoms with Crippen LogP contribution in [-0.4, -0.2) is 42.6 Å². The molecule has 1 aliphatic rings. The molecule has 1 saturated heterocycles. The molecule has 134 valence electrons. The molecule has 0 spiro atoms. The monoisotopic (exact) mass is 332 g/mol. The Morgan fingerprint density at radius 2 is 1.92 bits per heavy atom. The molecule has 24 heavy (non-hydrogen) atoms. The number of aryl methyl sites for hydroxylation is 1. The molecule has 1 aliphatic heterocycles. The summed E-state index contributed by atoms with van der Waals surface area (Å²) in [6.45, 7) is 10.1. The van der Waals surface area contributed by atoms with E-state index >= 15 is 0 Å². The summed E-state index contributed by atoms with van der Waals surface area (Å²) in [6, 6.07) is 7.97. The van der Waals surface area contributed by atoms with Crippen LogP contribution in [-0.2, 0) is 11.2 Å². The molecule has 0 aromatic heterocycles. The molecule has 0 aliphatic carbocycles. The van der Waals surface area contributed by atoms with E-state index in [1.807, 2.05) is 31.2 Å². The van der Waals surface area contributed by atoms with Gasteiger partial charge in [0, 0.05) is 18.5 Å². The van der Waals surface area contributed by atoms with Crippen LogP contribution in [0.4, 0.5) is 0 Å². The molecule has 2 rings (SSSR count). The topological polar surface area (TPSA) is 41.6 Å². The first-order valence-electron chi connectivity index (χ1n) is 9.25. The Hall–Kier alpha value is -1.55. The molecule has 1 N–H and O–H groups in total. The second-order valence-corrected chi connectivity index (χ2v) is 7.18. The smallest absolute Gasteiger partial charge is 0.220 e. The molecule has 0 radical (unpaired) electrons. The molecule has 0 unspecified atom stereocenters. The van der Waals surface area contributed by atoms with Crippen molar-refractivity contribution < 1.29 is 9.53 Å². The van der Waals surface area contributed by atoms with Crippen LogP contribution in [0, 0.1) is 0 Å². The summed E-state index contributed by atoms with van der Waals surface area (Å²) in [5.74, 6) is 1.01. The van der Waals surface area contributed by atoms with E-state index in [-0.39, 0.29) is 11.4 Å². The molecule has 0 bridgehead atoms. The third-order valence-corrected chi connectivity index (χ3v) is 4.82. The van der Waals surface area contributed by atoms with E-state index < -0.39 is 0 Å². The van der Waals surface area contributed by atoms with Gasteiger partial charge in [-0.05, 0) is 64.8 Å². The standard InChI is InChI=1S/C20H32N2O2/c1-4-24-18-11-7-6-10-17(18)12-13-19(23)21-16-20(2,3)22-14-8-5-9-15-22/h6-7,10-11H,4-5,8-9,12-16H2,1-3H3,(H,21,23). The van der Waals surface area contributed by atoms with Gasteiger partial charge >= 0.3 is 0 Å². The average molecular weight is 332 g/mol. The lowest BCUT2D eigenvalue weighted by molar-refractivity contribution is -0.121. The molecule has 1 aromatic carbocycles. The number of nitrogens with one attached hydrogen (secondary N) is 1. The number of hydrogen-bond donors (Lipinski definition) is 1. The van der Waals surface area contributed by atoms with Gasteiger partial charge in [-0.1, -0.05) is 24.6 Å². The fourth-order valence-corrected chi connectivity index (χ4v) is 3.27. The molecular weight excluding hydrogens is 300 g/mol. The predicted octanol–water partition coefficient (Wildman–Crippen LogP) is 3.40. The van der Waals surface area contributed by atoms with Gasteiger partial charge in [-0.3, -0.25) is 9.69 Å². The van der Waals surface area contributed by atoms with Crippen LogP contribution in [0.3, 0.4) is 0 Å². The minimum Gasteiger partial charge on any atom is -0.494 e. The van der Waals surface area contributed by atoms with Crippen molar-refractivity contribution in [3.63, 3.8) is 0 Å². The first kappa shape index (κ1) is 18.8. The second kappa shape index (κ2) is 9.07. The highest BCUT2D eigenvalue weighted by molar-refractivity contribution is 5.76. The summed E-state index contributed by atoms with van der Waals surface area (Å²) >= 11 is 0. The molecule has 4 nitrogen and oxygen atoms in total. The van der Waals surface area contributed by atoms with Crippen LogP contribution < -0.4 is 10.1 Å². The Labute approximate surface area is 146 Å². The maximum absolute atomic E-state index is 12.2. The number of carbonyl (C=O) groups excluding carboxylic acids is 1. The fourth-order valence-electron chi connectivity index (χ4n) is 3.27. The van der Waals surface area contributed by atoms with Crippen molar-refractivity contribution in [2.45, 2.75) is 58.4 Å². The van der Waals surface area contributed by atoms with Gasteiger partial charge in [-0.15, -0.1) is 0 Å². The van der Waals surface area contributed by atoms with E-state index in [0.29, 0.717) is 26.0 Å².